The van der Waals surface area contributed by atoms with E-state index in [9.17, 15) is 9.59 Å². The first-order valence-electron chi connectivity index (χ1n) is 7.46. The summed E-state index contributed by atoms with van der Waals surface area (Å²) in [6.07, 6.45) is 9.39. The third-order valence-electron chi connectivity index (χ3n) is 5.04. The molecular formula is C16H25NO4. The summed E-state index contributed by atoms with van der Waals surface area (Å²) in [5.74, 6) is -1.56. The van der Waals surface area contributed by atoms with Crippen molar-refractivity contribution >= 4 is 11.9 Å². The summed E-state index contributed by atoms with van der Waals surface area (Å²) in [6.45, 7) is 4.94. The number of aliphatic carboxylic acids is 2. The van der Waals surface area contributed by atoms with Crippen molar-refractivity contribution in [1.82, 2.24) is 0 Å². The fraction of sp³-hybridized carbons (Fsp3) is 0.750. The summed E-state index contributed by atoms with van der Waals surface area (Å²) >= 11 is 0. The summed E-state index contributed by atoms with van der Waals surface area (Å²) in [7, 11) is 0. The second-order valence-corrected chi connectivity index (χ2v) is 8.00. The molecule has 0 aromatic carbocycles. The Morgan fingerprint density at radius 1 is 0.952 bits per heavy atom. The van der Waals surface area contributed by atoms with Crippen LogP contribution in [0.1, 0.15) is 52.4 Å². The summed E-state index contributed by atoms with van der Waals surface area (Å²) in [6, 6.07) is 0. The maximum absolute atomic E-state index is 9.55. The molecule has 4 N–H and O–H groups in total. The number of carboxylic acids is 2. The van der Waals surface area contributed by atoms with Gasteiger partial charge in [0.1, 0.15) is 0 Å². The Hall–Kier alpha value is -1.36. The number of carboxylic acid groups (broad SMARTS) is 2. The predicted octanol–water partition coefficient (Wildman–Crippen LogP) is 2.41. The minimum Gasteiger partial charge on any atom is -0.478 e. The second-order valence-electron chi connectivity index (χ2n) is 8.00. The van der Waals surface area contributed by atoms with E-state index in [2.05, 4.69) is 13.8 Å². The zero-order chi connectivity index (χ0) is 15.9. The van der Waals surface area contributed by atoms with E-state index in [1.54, 1.807) is 0 Å². The van der Waals surface area contributed by atoms with Gasteiger partial charge in [-0.15, -0.1) is 0 Å². The smallest absolute Gasteiger partial charge is 0.328 e. The minimum atomic E-state index is -1.26. The topological polar surface area (TPSA) is 101 Å². The summed E-state index contributed by atoms with van der Waals surface area (Å²) in [5.41, 5.74) is 7.92. The number of rotatable bonds is 2. The van der Waals surface area contributed by atoms with Gasteiger partial charge in [-0.2, -0.15) is 0 Å². The van der Waals surface area contributed by atoms with Gasteiger partial charge in [0.05, 0.1) is 0 Å². The Labute approximate surface area is 125 Å². The van der Waals surface area contributed by atoms with E-state index in [1.807, 2.05) is 0 Å². The fourth-order valence-corrected chi connectivity index (χ4v) is 5.68. The molecule has 118 valence electrons. The van der Waals surface area contributed by atoms with Crippen LogP contribution in [0.5, 0.6) is 0 Å². The zero-order valence-corrected chi connectivity index (χ0v) is 12.8. The first-order valence-corrected chi connectivity index (χ1v) is 7.46. The molecule has 0 saturated heterocycles. The van der Waals surface area contributed by atoms with Crippen LogP contribution in [0.4, 0.5) is 0 Å². The first kappa shape index (κ1) is 16.0. The van der Waals surface area contributed by atoms with Gasteiger partial charge in [0.15, 0.2) is 0 Å². The minimum absolute atomic E-state index is 0.225. The van der Waals surface area contributed by atoms with Crippen LogP contribution in [0, 0.1) is 16.7 Å². The molecular weight excluding hydrogens is 270 g/mol. The molecule has 5 nitrogen and oxygen atoms in total. The summed E-state index contributed by atoms with van der Waals surface area (Å²) in [4.78, 5) is 19.1. The van der Waals surface area contributed by atoms with Crippen LogP contribution in [0.3, 0.4) is 0 Å². The number of carbonyl (C=O) groups is 2. The molecule has 4 aliphatic carbocycles. The predicted molar refractivity (Wildman–Crippen MR) is 78.7 cm³/mol. The van der Waals surface area contributed by atoms with Gasteiger partial charge < -0.3 is 15.9 Å². The summed E-state index contributed by atoms with van der Waals surface area (Å²) in [5, 5.41) is 15.6. The van der Waals surface area contributed by atoms with Crippen LogP contribution < -0.4 is 5.73 Å². The molecule has 0 spiro atoms. The van der Waals surface area contributed by atoms with E-state index >= 15 is 0 Å². The molecule has 21 heavy (non-hydrogen) atoms. The molecule has 2 atom stereocenters. The molecule has 2 unspecified atom stereocenters. The van der Waals surface area contributed by atoms with Gasteiger partial charge in [-0.3, -0.25) is 0 Å². The van der Waals surface area contributed by atoms with Crippen LogP contribution >= 0.6 is 0 Å². The van der Waals surface area contributed by atoms with Crippen LogP contribution in [-0.4, -0.2) is 27.7 Å². The molecule has 4 fully saturated rings. The highest BCUT2D eigenvalue weighted by atomic mass is 16.4. The van der Waals surface area contributed by atoms with E-state index in [0.717, 1.165) is 5.92 Å². The van der Waals surface area contributed by atoms with Crippen molar-refractivity contribution in [2.24, 2.45) is 22.5 Å². The lowest BCUT2D eigenvalue weighted by molar-refractivity contribution is -0.134. The molecule has 4 bridgehead atoms. The van der Waals surface area contributed by atoms with E-state index in [-0.39, 0.29) is 5.54 Å². The maximum atomic E-state index is 9.55. The molecule has 0 aromatic rings. The Balaban J connectivity index is 0.000000177. The molecule has 4 saturated carbocycles. The monoisotopic (exact) mass is 295 g/mol. The average molecular weight is 295 g/mol. The molecule has 0 aliphatic heterocycles. The molecule has 0 amide bonds. The van der Waals surface area contributed by atoms with E-state index in [1.165, 1.54) is 38.5 Å². The first-order chi connectivity index (χ1) is 9.53. The molecule has 4 aliphatic rings. The largest absolute Gasteiger partial charge is 0.478 e. The Morgan fingerprint density at radius 3 is 1.67 bits per heavy atom. The molecule has 0 radical (unpaired) electrons. The lowest BCUT2D eigenvalue weighted by Gasteiger charge is -2.64. The Bertz CT molecular complexity index is 418. The molecule has 4 rings (SSSR count). The van der Waals surface area contributed by atoms with Gasteiger partial charge in [0, 0.05) is 17.7 Å². The SMILES string of the molecule is CC12CC3CC(C)(C1)CC(N)(C3)C2.O=C(O)/C=C/C(=O)O. The fourth-order valence-electron chi connectivity index (χ4n) is 5.68. The highest BCUT2D eigenvalue weighted by molar-refractivity contribution is 5.89. The van der Waals surface area contributed by atoms with Gasteiger partial charge in [-0.05, 0) is 55.3 Å². The highest BCUT2D eigenvalue weighted by Crippen LogP contribution is 2.65. The normalized spacial score (nSPS) is 43.5. The van der Waals surface area contributed by atoms with Gasteiger partial charge in [0.2, 0.25) is 0 Å². The van der Waals surface area contributed by atoms with Gasteiger partial charge in [-0.1, -0.05) is 13.8 Å². The van der Waals surface area contributed by atoms with Crippen LogP contribution in [0.2, 0.25) is 0 Å². The van der Waals surface area contributed by atoms with Crippen LogP contribution in [0.15, 0.2) is 12.2 Å². The number of hydrogen-bond acceptors (Lipinski definition) is 3. The van der Waals surface area contributed by atoms with Crippen molar-refractivity contribution in [3.63, 3.8) is 0 Å². The Morgan fingerprint density at radius 2 is 1.38 bits per heavy atom. The van der Waals surface area contributed by atoms with Gasteiger partial charge >= 0.3 is 11.9 Å². The third-order valence-corrected chi connectivity index (χ3v) is 5.04. The number of nitrogens with two attached hydrogens (primary N) is 1. The van der Waals surface area contributed by atoms with Crippen molar-refractivity contribution in [3.8, 4) is 0 Å². The van der Waals surface area contributed by atoms with E-state index in [0.29, 0.717) is 23.0 Å². The molecule has 5 heteroatoms. The standard InChI is InChI=1S/C12H21N.C4H4O4/c1-10-3-9-4-11(2,6-10)8-12(13,5-9)7-10;5-3(6)1-2-4(7)8/h9H,3-8,13H2,1-2H3;1-2H,(H,5,6)(H,7,8)/b;2-1+. The van der Waals surface area contributed by atoms with Gasteiger partial charge in [0.25, 0.3) is 0 Å². The lowest BCUT2D eigenvalue weighted by Crippen LogP contribution is -2.62. The van der Waals surface area contributed by atoms with Crippen molar-refractivity contribution in [2.75, 3.05) is 0 Å². The maximum Gasteiger partial charge on any atom is 0.328 e. The lowest BCUT2D eigenvalue weighted by atomic mass is 9.43. The molecule has 0 aromatic heterocycles. The third kappa shape index (κ3) is 3.84. The van der Waals surface area contributed by atoms with Crippen molar-refractivity contribution in [2.45, 2.75) is 57.9 Å². The van der Waals surface area contributed by atoms with Crippen LogP contribution in [0.25, 0.3) is 0 Å². The second kappa shape index (κ2) is 5.13. The quantitative estimate of drug-likeness (QED) is 0.679. The Kier molecular flexibility index (Phi) is 3.91. The molecule has 0 heterocycles. The zero-order valence-electron chi connectivity index (χ0n) is 12.8. The van der Waals surface area contributed by atoms with E-state index < -0.39 is 11.9 Å². The average Bonchev–Trinajstić information content (AvgIpc) is 2.20. The van der Waals surface area contributed by atoms with Crippen LogP contribution in [-0.2, 0) is 9.59 Å². The van der Waals surface area contributed by atoms with Crippen molar-refractivity contribution in [1.29, 1.82) is 0 Å². The van der Waals surface area contributed by atoms with Gasteiger partial charge in [-0.25, -0.2) is 9.59 Å². The van der Waals surface area contributed by atoms with Crippen molar-refractivity contribution in [3.05, 3.63) is 12.2 Å². The van der Waals surface area contributed by atoms with Crippen molar-refractivity contribution < 1.29 is 19.8 Å². The number of hydrogen-bond donors (Lipinski definition) is 3. The summed E-state index contributed by atoms with van der Waals surface area (Å²) < 4.78 is 0. The van der Waals surface area contributed by atoms with E-state index in [4.69, 9.17) is 15.9 Å². The highest BCUT2D eigenvalue weighted by Gasteiger charge is 2.58.